The van der Waals surface area contributed by atoms with E-state index in [4.69, 9.17) is 5.11 Å². The Morgan fingerprint density at radius 3 is 2.62 bits per heavy atom. The van der Waals surface area contributed by atoms with Gasteiger partial charge in [0.15, 0.2) is 0 Å². The second-order valence-corrected chi connectivity index (χ2v) is 4.28. The van der Waals surface area contributed by atoms with Crippen molar-refractivity contribution in [1.29, 1.82) is 0 Å². The number of amides is 1. The SMILES string of the molecule is CCNC(=O)CCN(CC(=O)O)CC1CC1. The zero-order valence-electron chi connectivity index (χ0n) is 9.74. The third kappa shape index (κ3) is 5.70. The topological polar surface area (TPSA) is 69.6 Å². The van der Waals surface area contributed by atoms with Gasteiger partial charge in [-0.25, -0.2) is 0 Å². The number of nitrogens with zero attached hydrogens (tertiary/aromatic N) is 1. The van der Waals surface area contributed by atoms with Crippen LogP contribution in [-0.4, -0.2) is 48.1 Å². The van der Waals surface area contributed by atoms with Crippen molar-refractivity contribution in [2.24, 2.45) is 5.92 Å². The molecule has 0 aromatic rings. The lowest BCUT2D eigenvalue weighted by Crippen LogP contribution is -2.35. The molecule has 5 nitrogen and oxygen atoms in total. The summed E-state index contributed by atoms with van der Waals surface area (Å²) in [6, 6.07) is 0. The first-order valence-corrected chi connectivity index (χ1v) is 5.82. The highest BCUT2D eigenvalue weighted by molar-refractivity contribution is 5.76. The van der Waals surface area contributed by atoms with Gasteiger partial charge in [-0.2, -0.15) is 0 Å². The molecule has 0 spiro atoms. The Hall–Kier alpha value is -1.10. The van der Waals surface area contributed by atoms with Crippen molar-refractivity contribution in [1.82, 2.24) is 10.2 Å². The highest BCUT2D eigenvalue weighted by Crippen LogP contribution is 2.29. The van der Waals surface area contributed by atoms with Gasteiger partial charge in [-0.05, 0) is 25.7 Å². The molecular weight excluding hydrogens is 208 g/mol. The van der Waals surface area contributed by atoms with E-state index in [-0.39, 0.29) is 12.5 Å². The van der Waals surface area contributed by atoms with Crippen molar-refractivity contribution < 1.29 is 14.7 Å². The number of aliphatic carboxylic acids is 1. The number of carboxylic acid groups (broad SMARTS) is 1. The van der Waals surface area contributed by atoms with E-state index < -0.39 is 5.97 Å². The molecule has 0 aliphatic heterocycles. The highest BCUT2D eigenvalue weighted by Gasteiger charge is 2.25. The number of rotatable bonds is 8. The Kier molecular flexibility index (Phi) is 5.25. The van der Waals surface area contributed by atoms with Gasteiger partial charge in [0.2, 0.25) is 5.91 Å². The monoisotopic (exact) mass is 228 g/mol. The molecule has 1 fully saturated rings. The van der Waals surface area contributed by atoms with Gasteiger partial charge in [-0.1, -0.05) is 0 Å². The molecule has 0 radical (unpaired) electrons. The Labute approximate surface area is 95.8 Å². The van der Waals surface area contributed by atoms with Crippen LogP contribution < -0.4 is 5.32 Å². The largest absolute Gasteiger partial charge is 0.480 e. The van der Waals surface area contributed by atoms with Gasteiger partial charge in [0.05, 0.1) is 6.54 Å². The predicted molar refractivity (Wildman–Crippen MR) is 60.1 cm³/mol. The number of hydrogen-bond acceptors (Lipinski definition) is 3. The zero-order chi connectivity index (χ0) is 12.0. The third-order valence-corrected chi connectivity index (χ3v) is 2.60. The molecule has 1 rings (SSSR count). The highest BCUT2D eigenvalue weighted by atomic mass is 16.4. The Balaban J connectivity index is 2.24. The molecule has 1 aliphatic rings. The van der Waals surface area contributed by atoms with Crippen LogP contribution in [-0.2, 0) is 9.59 Å². The van der Waals surface area contributed by atoms with Crippen molar-refractivity contribution in [2.75, 3.05) is 26.2 Å². The summed E-state index contributed by atoms with van der Waals surface area (Å²) < 4.78 is 0. The maximum Gasteiger partial charge on any atom is 0.317 e. The molecule has 1 amide bonds. The van der Waals surface area contributed by atoms with Crippen LogP contribution in [0.1, 0.15) is 26.2 Å². The first-order chi connectivity index (χ1) is 7.61. The van der Waals surface area contributed by atoms with E-state index in [1.807, 2.05) is 11.8 Å². The average molecular weight is 228 g/mol. The van der Waals surface area contributed by atoms with Crippen molar-refractivity contribution in [3.05, 3.63) is 0 Å². The summed E-state index contributed by atoms with van der Waals surface area (Å²) in [5, 5.41) is 11.5. The fourth-order valence-electron chi connectivity index (χ4n) is 1.64. The molecule has 0 saturated heterocycles. The van der Waals surface area contributed by atoms with Crippen LogP contribution >= 0.6 is 0 Å². The van der Waals surface area contributed by atoms with Gasteiger partial charge in [-0.3, -0.25) is 14.5 Å². The summed E-state index contributed by atoms with van der Waals surface area (Å²) in [6.45, 7) is 3.88. The number of carbonyl (C=O) groups excluding carboxylic acids is 1. The molecule has 0 heterocycles. The Bertz CT molecular complexity index is 252. The molecule has 2 N–H and O–H groups in total. The minimum atomic E-state index is -0.823. The fourth-order valence-corrected chi connectivity index (χ4v) is 1.64. The van der Waals surface area contributed by atoms with Crippen LogP contribution in [0.25, 0.3) is 0 Å². The van der Waals surface area contributed by atoms with Crippen molar-refractivity contribution >= 4 is 11.9 Å². The van der Waals surface area contributed by atoms with Crippen molar-refractivity contribution in [2.45, 2.75) is 26.2 Å². The maximum absolute atomic E-state index is 11.2. The van der Waals surface area contributed by atoms with Crippen LogP contribution in [0, 0.1) is 5.92 Å². The van der Waals surface area contributed by atoms with E-state index in [0.29, 0.717) is 25.4 Å². The van der Waals surface area contributed by atoms with E-state index in [2.05, 4.69) is 5.32 Å². The zero-order valence-corrected chi connectivity index (χ0v) is 9.74. The fraction of sp³-hybridized carbons (Fsp3) is 0.818. The lowest BCUT2D eigenvalue weighted by Gasteiger charge is -2.19. The molecule has 1 aliphatic carbocycles. The Morgan fingerprint density at radius 1 is 1.44 bits per heavy atom. The molecule has 0 aromatic carbocycles. The standard InChI is InChI=1S/C11H20N2O3/c1-2-12-10(14)5-6-13(8-11(15)16)7-9-3-4-9/h9H,2-8H2,1H3,(H,12,14)(H,15,16). The van der Waals surface area contributed by atoms with Crippen LogP contribution in [0.2, 0.25) is 0 Å². The third-order valence-electron chi connectivity index (χ3n) is 2.60. The summed E-state index contributed by atoms with van der Waals surface area (Å²) in [7, 11) is 0. The molecule has 0 unspecified atom stereocenters. The van der Waals surface area contributed by atoms with Crippen molar-refractivity contribution in [3.8, 4) is 0 Å². The van der Waals surface area contributed by atoms with Gasteiger partial charge >= 0.3 is 5.97 Å². The quantitative estimate of drug-likeness (QED) is 0.627. The minimum absolute atomic E-state index is 0.00585. The smallest absolute Gasteiger partial charge is 0.317 e. The van der Waals surface area contributed by atoms with Crippen LogP contribution in [0.3, 0.4) is 0 Å². The van der Waals surface area contributed by atoms with Gasteiger partial charge in [0, 0.05) is 26.1 Å². The Morgan fingerprint density at radius 2 is 2.12 bits per heavy atom. The van der Waals surface area contributed by atoms with Gasteiger partial charge in [-0.15, -0.1) is 0 Å². The van der Waals surface area contributed by atoms with Gasteiger partial charge in [0.1, 0.15) is 0 Å². The first-order valence-electron chi connectivity index (χ1n) is 5.82. The lowest BCUT2D eigenvalue weighted by molar-refractivity contribution is -0.138. The van der Waals surface area contributed by atoms with E-state index >= 15 is 0 Å². The second kappa shape index (κ2) is 6.48. The lowest BCUT2D eigenvalue weighted by atomic mass is 10.3. The molecule has 16 heavy (non-hydrogen) atoms. The van der Waals surface area contributed by atoms with E-state index in [0.717, 1.165) is 6.54 Å². The van der Waals surface area contributed by atoms with Crippen LogP contribution in [0.5, 0.6) is 0 Å². The average Bonchev–Trinajstić information content (AvgIpc) is 2.98. The molecule has 0 atom stereocenters. The molecule has 0 bridgehead atoms. The number of carbonyl (C=O) groups is 2. The summed E-state index contributed by atoms with van der Waals surface area (Å²) >= 11 is 0. The van der Waals surface area contributed by atoms with Crippen LogP contribution in [0.15, 0.2) is 0 Å². The van der Waals surface area contributed by atoms with E-state index in [1.165, 1.54) is 12.8 Å². The summed E-state index contributed by atoms with van der Waals surface area (Å²) in [6.07, 6.45) is 2.77. The maximum atomic E-state index is 11.2. The molecular formula is C11H20N2O3. The molecule has 0 aromatic heterocycles. The summed E-state index contributed by atoms with van der Waals surface area (Å²) in [5.74, 6) is -0.182. The molecule has 5 heteroatoms. The number of hydrogen-bond donors (Lipinski definition) is 2. The molecule has 1 saturated carbocycles. The minimum Gasteiger partial charge on any atom is -0.480 e. The van der Waals surface area contributed by atoms with Crippen LogP contribution in [0.4, 0.5) is 0 Å². The van der Waals surface area contributed by atoms with Crippen molar-refractivity contribution in [3.63, 3.8) is 0 Å². The second-order valence-electron chi connectivity index (χ2n) is 4.28. The van der Waals surface area contributed by atoms with Gasteiger partial charge < -0.3 is 10.4 Å². The summed E-state index contributed by atoms with van der Waals surface area (Å²) in [5.41, 5.74) is 0. The van der Waals surface area contributed by atoms with E-state index in [9.17, 15) is 9.59 Å². The number of nitrogens with one attached hydrogen (secondary N) is 1. The summed E-state index contributed by atoms with van der Waals surface area (Å²) in [4.78, 5) is 23.7. The van der Waals surface area contributed by atoms with E-state index in [1.54, 1.807) is 0 Å². The van der Waals surface area contributed by atoms with Gasteiger partial charge in [0.25, 0.3) is 0 Å². The molecule has 92 valence electrons. The first kappa shape index (κ1) is 13.0. The normalized spacial score (nSPS) is 15.1. The predicted octanol–water partition coefficient (Wildman–Crippen LogP) is 0.309. The number of carboxylic acids is 1.